The Labute approximate surface area is 125 Å². The fourth-order valence-corrected chi connectivity index (χ4v) is 2.10. The van der Waals surface area contributed by atoms with E-state index in [0.29, 0.717) is 17.1 Å². The van der Waals surface area contributed by atoms with Crippen molar-refractivity contribution in [3.05, 3.63) is 32.4 Å². The molecule has 2 nitrogen and oxygen atoms in total. The summed E-state index contributed by atoms with van der Waals surface area (Å²) in [6.07, 6.45) is 2.04. The van der Waals surface area contributed by atoms with E-state index in [1.807, 2.05) is 12.3 Å². The lowest BCUT2D eigenvalue weighted by molar-refractivity contribution is 0.0950. The van der Waals surface area contributed by atoms with Gasteiger partial charge in [0.1, 0.15) is 0 Å². The first-order valence-corrected chi connectivity index (χ1v) is 7.82. The molecular weight excluding hydrogens is 369 g/mol. The molecule has 0 aliphatic rings. The summed E-state index contributed by atoms with van der Waals surface area (Å²) >= 11 is 9.76. The van der Waals surface area contributed by atoms with Gasteiger partial charge in [-0.2, -0.15) is 11.8 Å². The van der Waals surface area contributed by atoms with Gasteiger partial charge in [0, 0.05) is 19.9 Å². The van der Waals surface area contributed by atoms with E-state index in [9.17, 15) is 4.79 Å². The minimum atomic E-state index is -0.0703. The van der Waals surface area contributed by atoms with Crippen molar-refractivity contribution in [2.45, 2.75) is 18.6 Å². The van der Waals surface area contributed by atoms with Crippen LogP contribution in [0.4, 0.5) is 0 Å². The lowest BCUT2D eigenvalue weighted by Crippen LogP contribution is -2.36. The van der Waals surface area contributed by atoms with E-state index in [1.165, 1.54) is 0 Å². The van der Waals surface area contributed by atoms with Gasteiger partial charge in [0.05, 0.1) is 5.56 Å². The van der Waals surface area contributed by atoms with Crippen LogP contribution in [0.5, 0.6) is 0 Å². The van der Waals surface area contributed by atoms with Crippen molar-refractivity contribution in [3.8, 4) is 0 Å². The quantitative estimate of drug-likeness (QED) is 0.801. The Balaban J connectivity index is 2.74. The van der Waals surface area contributed by atoms with Crippen molar-refractivity contribution in [2.24, 2.45) is 0 Å². The molecule has 0 unspecified atom stereocenters. The first-order chi connectivity index (χ1) is 7.85. The summed E-state index contributed by atoms with van der Waals surface area (Å²) in [4.78, 5) is 12.0. The highest BCUT2D eigenvalue weighted by Crippen LogP contribution is 2.21. The maximum atomic E-state index is 12.0. The number of hydrogen-bond acceptors (Lipinski definition) is 2. The van der Waals surface area contributed by atoms with Crippen LogP contribution in [0.1, 0.15) is 24.2 Å². The number of benzene rings is 1. The van der Waals surface area contributed by atoms with Crippen molar-refractivity contribution in [2.75, 3.05) is 12.8 Å². The Morgan fingerprint density at radius 1 is 1.53 bits per heavy atom. The molecule has 1 amide bonds. The molecule has 0 heterocycles. The summed E-state index contributed by atoms with van der Waals surface area (Å²) in [5.41, 5.74) is 0.634. The van der Waals surface area contributed by atoms with Crippen LogP contribution in [0.3, 0.4) is 0 Å². The van der Waals surface area contributed by atoms with Gasteiger partial charge in [0.2, 0.25) is 0 Å². The minimum absolute atomic E-state index is 0.0413. The van der Waals surface area contributed by atoms with Crippen LogP contribution in [-0.2, 0) is 0 Å². The van der Waals surface area contributed by atoms with Crippen LogP contribution in [-0.4, -0.2) is 23.5 Å². The summed E-state index contributed by atoms with van der Waals surface area (Å²) in [7, 11) is 0. The van der Waals surface area contributed by atoms with Crippen molar-refractivity contribution in [3.63, 3.8) is 0 Å². The SMILES string of the molecule is CSC(C)(C)CNC(=O)c1cc(Cl)ccc1I. The molecule has 0 radical (unpaired) electrons. The van der Waals surface area contributed by atoms with E-state index in [-0.39, 0.29) is 10.7 Å². The lowest BCUT2D eigenvalue weighted by Gasteiger charge is -2.22. The van der Waals surface area contributed by atoms with Gasteiger partial charge in [-0.3, -0.25) is 4.79 Å². The third-order valence-corrected chi connectivity index (χ3v) is 4.83. The number of halogens is 2. The fourth-order valence-electron chi connectivity index (χ4n) is 1.13. The van der Waals surface area contributed by atoms with E-state index in [0.717, 1.165) is 3.57 Å². The molecular formula is C12H15ClINOS. The molecule has 5 heteroatoms. The molecule has 94 valence electrons. The largest absolute Gasteiger partial charge is 0.351 e. The first kappa shape index (κ1) is 15.1. The average Bonchev–Trinajstić information content (AvgIpc) is 2.29. The molecule has 1 rings (SSSR count). The summed E-state index contributed by atoms with van der Waals surface area (Å²) in [6, 6.07) is 5.33. The number of rotatable bonds is 4. The zero-order valence-electron chi connectivity index (χ0n) is 10.0. The minimum Gasteiger partial charge on any atom is -0.351 e. The second-order valence-electron chi connectivity index (χ2n) is 4.27. The van der Waals surface area contributed by atoms with Crippen LogP contribution in [0.2, 0.25) is 5.02 Å². The van der Waals surface area contributed by atoms with Crippen LogP contribution in [0.25, 0.3) is 0 Å². The third-order valence-electron chi connectivity index (χ3n) is 2.40. The van der Waals surface area contributed by atoms with Gasteiger partial charge in [-0.1, -0.05) is 11.6 Å². The Morgan fingerprint density at radius 2 is 2.18 bits per heavy atom. The number of carbonyl (C=O) groups is 1. The molecule has 0 atom stereocenters. The highest BCUT2D eigenvalue weighted by Gasteiger charge is 2.18. The number of nitrogens with one attached hydrogen (secondary N) is 1. The van der Waals surface area contributed by atoms with E-state index in [1.54, 1.807) is 23.9 Å². The predicted octanol–water partition coefficient (Wildman–Crippen LogP) is 3.82. The second kappa shape index (κ2) is 6.29. The van der Waals surface area contributed by atoms with Crippen LogP contribution >= 0.6 is 46.0 Å². The smallest absolute Gasteiger partial charge is 0.252 e. The molecule has 0 aliphatic heterocycles. The van der Waals surface area contributed by atoms with Crippen molar-refractivity contribution in [1.82, 2.24) is 5.32 Å². The lowest BCUT2D eigenvalue weighted by atomic mass is 10.2. The van der Waals surface area contributed by atoms with Gasteiger partial charge in [0.15, 0.2) is 0 Å². The predicted molar refractivity (Wildman–Crippen MR) is 84.1 cm³/mol. The molecule has 0 spiro atoms. The zero-order valence-corrected chi connectivity index (χ0v) is 13.7. The number of carbonyl (C=O) groups excluding carboxylic acids is 1. The molecule has 0 aliphatic carbocycles. The Hall–Kier alpha value is 0.0600. The van der Waals surface area contributed by atoms with Gasteiger partial charge < -0.3 is 5.32 Å². The average molecular weight is 384 g/mol. The van der Waals surface area contributed by atoms with Gasteiger partial charge >= 0.3 is 0 Å². The molecule has 0 saturated carbocycles. The van der Waals surface area contributed by atoms with E-state index < -0.39 is 0 Å². The summed E-state index contributed by atoms with van der Waals surface area (Å²) < 4.78 is 0.950. The topological polar surface area (TPSA) is 29.1 Å². The van der Waals surface area contributed by atoms with Gasteiger partial charge in [-0.15, -0.1) is 0 Å². The molecule has 1 aromatic carbocycles. The number of amides is 1. The molecule has 0 fully saturated rings. The highest BCUT2D eigenvalue weighted by molar-refractivity contribution is 14.1. The third kappa shape index (κ3) is 4.67. The zero-order chi connectivity index (χ0) is 13.1. The van der Waals surface area contributed by atoms with E-state index in [4.69, 9.17) is 11.6 Å². The van der Waals surface area contributed by atoms with Gasteiger partial charge in [0.25, 0.3) is 5.91 Å². The normalized spacial score (nSPS) is 11.4. The van der Waals surface area contributed by atoms with Gasteiger partial charge in [-0.25, -0.2) is 0 Å². The summed E-state index contributed by atoms with van der Waals surface area (Å²) in [5, 5.41) is 3.52. The molecule has 1 aromatic rings. The summed E-state index contributed by atoms with van der Waals surface area (Å²) in [5.74, 6) is -0.0703. The Bertz CT molecular complexity index is 423. The van der Waals surface area contributed by atoms with Crippen LogP contribution in [0.15, 0.2) is 18.2 Å². The standard InChI is InChI=1S/C12H15ClINOS/c1-12(2,17-3)7-15-11(16)9-6-8(13)4-5-10(9)14/h4-6H,7H2,1-3H3,(H,15,16). The van der Waals surface area contributed by atoms with Crippen LogP contribution < -0.4 is 5.32 Å². The van der Waals surface area contributed by atoms with Crippen LogP contribution in [0, 0.1) is 3.57 Å². The molecule has 17 heavy (non-hydrogen) atoms. The molecule has 0 saturated heterocycles. The van der Waals surface area contributed by atoms with Crippen molar-refractivity contribution in [1.29, 1.82) is 0 Å². The Morgan fingerprint density at radius 3 is 2.76 bits per heavy atom. The summed E-state index contributed by atoms with van der Waals surface area (Å²) in [6.45, 7) is 4.83. The highest BCUT2D eigenvalue weighted by atomic mass is 127. The molecule has 0 aromatic heterocycles. The monoisotopic (exact) mass is 383 g/mol. The molecule has 0 bridgehead atoms. The number of hydrogen-bond donors (Lipinski definition) is 1. The van der Waals surface area contributed by atoms with Crippen molar-refractivity contribution >= 4 is 51.9 Å². The van der Waals surface area contributed by atoms with Crippen molar-refractivity contribution < 1.29 is 4.79 Å². The molecule has 1 N–H and O–H groups in total. The fraction of sp³-hybridized carbons (Fsp3) is 0.417. The van der Waals surface area contributed by atoms with E-state index >= 15 is 0 Å². The maximum Gasteiger partial charge on any atom is 0.252 e. The Kier molecular flexibility index (Phi) is 5.60. The van der Waals surface area contributed by atoms with E-state index in [2.05, 4.69) is 41.8 Å². The second-order valence-corrected chi connectivity index (χ2v) is 7.38. The number of thioether (sulfide) groups is 1. The maximum absolute atomic E-state index is 12.0. The first-order valence-electron chi connectivity index (χ1n) is 5.14. The van der Waals surface area contributed by atoms with Gasteiger partial charge in [-0.05, 0) is 60.9 Å².